The van der Waals surface area contributed by atoms with Gasteiger partial charge in [0.25, 0.3) is 0 Å². The van der Waals surface area contributed by atoms with E-state index in [0.29, 0.717) is 22.8 Å². The number of hydrogen-bond acceptors (Lipinski definition) is 5. The van der Waals surface area contributed by atoms with Crippen molar-refractivity contribution in [2.75, 3.05) is 27.9 Å². The zero-order valence-corrected chi connectivity index (χ0v) is 14.9. The molecule has 1 fully saturated rings. The number of ether oxygens (including phenoxy) is 4. The number of methoxy groups -OCH3 is 3. The Balaban J connectivity index is 2.04. The molecule has 0 saturated carbocycles. The second-order valence-electron chi connectivity index (χ2n) is 5.67. The summed E-state index contributed by atoms with van der Waals surface area (Å²) in [4.78, 5) is 12.2. The van der Waals surface area contributed by atoms with E-state index in [0.717, 1.165) is 16.7 Å². The van der Waals surface area contributed by atoms with Crippen molar-refractivity contribution in [1.29, 1.82) is 0 Å². The van der Waals surface area contributed by atoms with E-state index in [9.17, 15) is 4.79 Å². The zero-order chi connectivity index (χ0) is 18.5. The summed E-state index contributed by atoms with van der Waals surface area (Å²) >= 11 is 0. The first-order chi connectivity index (χ1) is 12.7. The highest BCUT2D eigenvalue weighted by molar-refractivity contribution is 6.02. The van der Waals surface area contributed by atoms with Gasteiger partial charge in [0.2, 0.25) is 5.75 Å². The van der Waals surface area contributed by atoms with Gasteiger partial charge in [-0.15, -0.1) is 0 Å². The third-order valence-corrected chi connectivity index (χ3v) is 4.06. The van der Waals surface area contributed by atoms with Crippen LogP contribution in [0.15, 0.2) is 53.6 Å². The van der Waals surface area contributed by atoms with Gasteiger partial charge in [0.05, 0.1) is 26.9 Å². The summed E-state index contributed by atoms with van der Waals surface area (Å²) in [7, 11) is 4.66. The lowest BCUT2D eigenvalue weighted by atomic mass is 10.0. The van der Waals surface area contributed by atoms with Crippen LogP contribution in [-0.4, -0.2) is 33.9 Å². The van der Waals surface area contributed by atoms with Crippen LogP contribution >= 0.6 is 0 Å². The summed E-state index contributed by atoms with van der Waals surface area (Å²) in [6, 6.07) is 13.4. The molecule has 2 aromatic rings. The third-order valence-electron chi connectivity index (χ3n) is 4.06. The van der Waals surface area contributed by atoms with Crippen LogP contribution in [0.25, 0.3) is 12.2 Å². The van der Waals surface area contributed by atoms with Gasteiger partial charge in [0.15, 0.2) is 11.5 Å². The maximum absolute atomic E-state index is 12.2. The smallest absolute Gasteiger partial charge is 0.338 e. The van der Waals surface area contributed by atoms with Crippen LogP contribution < -0.4 is 14.2 Å². The first-order valence-corrected chi connectivity index (χ1v) is 8.11. The molecule has 1 aliphatic heterocycles. The number of esters is 1. The standard InChI is InChI=1S/C21H20O5/c1-23-18-11-15(12-19(24-2)20(18)25-3)10-17-16(13-26-21(17)22)9-14-7-5-4-6-8-14/h4-12H,13H2,1-3H3/b16-9?,17-10+. The van der Waals surface area contributed by atoms with Gasteiger partial charge in [-0.3, -0.25) is 0 Å². The molecule has 2 aromatic carbocycles. The molecule has 0 N–H and O–H groups in total. The first-order valence-electron chi connectivity index (χ1n) is 8.11. The molecule has 1 saturated heterocycles. The average Bonchev–Trinajstić information content (AvgIpc) is 3.01. The highest BCUT2D eigenvalue weighted by Crippen LogP contribution is 2.39. The van der Waals surface area contributed by atoms with Crippen molar-refractivity contribution in [3.63, 3.8) is 0 Å². The molecule has 3 rings (SSSR count). The summed E-state index contributed by atoms with van der Waals surface area (Å²) in [6.45, 7) is 0.254. The third kappa shape index (κ3) is 3.57. The van der Waals surface area contributed by atoms with Crippen molar-refractivity contribution < 1.29 is 23.7 Å². The fraction of sp³-hybridized carbons (Fsp3) is 0.190. The van der Waals surface area contributed by atoms with Gasteiger partial charge in [0.1, 0.15) is 6.61 Å². The Morgan fingerprint density at radius 1 is 0.885 bits per heavy atom. The number of hydrogen-bond donors (Lipinski definition) is 0. The van der Waals surface area contributed by atoms with Crippen LogP contribution in [0.4, 0.5) is 0 Å². The van der Waals surface area contributed by atoms with Gasteiger partial charge in [0, 0.05) is 5.57 Å². The quantitative estimate of drug-likeness (QED) is 0.606. The van der Waals surface area contributed by atoms with Crippen molar-refractivity contribution in [2.24, 2.45) is 0 Å². The molecule has 1 heterocycles. The van der Waals surface area contributed by atoms with Crippen LogP contribution in [0.2, 0.25) is 0 Å². The van der Waals surface area contributed by atoms with Crippen molar-refractivity contribution in [3.8, 4) is 17.2 Å². The summed E-state index contributed by atoms with van der Waals surface area (Å²) in [5, 5.41) is 0. The Morgan fingerprint density at radius 2 is 1.54 bits per heavy atom. The minimum absolute atomic E-state index is 0.254. The largest absolute Gasteiger partial charge is 0.493 e. The fourth-order valence-electron chi connectivity index (χ4n) is 2.80. The summed E-state index contributed by atoms with van der Waals surface area (Å²) in [5.74, 6) is 1.21. The van der Waals surface area contributed by atoms with Crippen LogP contribution in [0, 0.1) is 0 Å². The van der Waals surface area contributed by atoms with Crippen molar-refractivity contribution in [1.82, 2.24) is 0 Å². The Kier molecular flexibility index (Phi) is 5.27. The Hall–Kier alpha value is -3.21. The summed E-state index contributed by atoms with van der Waals surface area (Å²) < 4.78 is 21.3. The number of rotatable bonds is 5. The lowest BCUT2D eigenvalue weighted by molar-refractivity contribution is -0.134. The molecule has 0 amide bonds. The average molecular weight is 352 g/mol. The Morgan fingerprint density at radius 3 is 2.12 bits per heavy atom. The second kappa shape index (κ2) is 7.78. The van der Waals surface area contributed by atoms with E-state index in [4.69, 9.17) is 18.9 Å². The van der Waals surface area contributed by atoms with Gasteiger partial charge in [-0.25, -0.2) is 4.79 Å². The molecular formula is C21H20O5. The maximum atomic E-state index is 12.2. The Bertz CT molecular complexity index is 840. The predicted molar refractivity (Wildman–Crippen MR) is 99.5 cm³/mol. The van der Waals surface area contributed by atoms with Gasteiger partial charge in [-0.2, -0.15) is 0 Å². The molecule has 26 heavy (non-hydrogen) atoms. The molecule has 5 heteroatoms. The fourth-order valence-corrected chi connectivity index (χ4v) is 2.80. The highest BCUT2D eigenvalue weighted by Gasteiger charge is 2.25. The number of carbonyl (C=O) groups excluding carboxylic acids is 1. The van der Waals surface area contributed by atoms with E-state index in [1.807, 2.05) is 36.4 Å². The normalized spacial score (nSPS) is 16.7. The number of benzene rings is 2. The molecule has 5 nitrogen and oxygen atoms in total. The Labute approximate surface area is 152 Å². The van der Waals surface area contributed by atoms with E-state index < -0.39 is 0 Å². The van der Waals surface area contributed by atoms with Crippen molar-refractivity contribution >= 4 is 18.1 Å². The van der Waals surface area contributed by atoms with Crippen molar-refractivity contribution in [3.05, 3.63) is 64.7 Å². The topological polar surface area (TPSA) is 54.0 Å². The molecule has 0 bridgehead atoms. The van der Waals surface area contributed by atoms with Crippen LogP contribution in [0.3, 0.4) is 0 Å². The second-order valence-corrected chi connectivity index (χ2v) is 5.67. The molecule has 0 radical (unpaired) electrons. The molecule has 0 aromatic heterocycles. The summed E-state index contributed by atoms with van der Waals surface area (Å²) in [6.07, 6.45) is 3.73. The lowest BCUT2D eigenvalue weighted by Crippen LogP contribution is -1.97. The number of carbonyl (C=O) groups is 1. The predicted octanol–water partition coefficient (Wildman–Crippen LogP) is 3.74. The molecule has 0 spiro atoms. The molecule has 134 valence electrons. The number of cyclic esters (lactones) is 1. The SMILES string of the molecule is COc1cc(/C=C2/C(=O)OCC2=Cc2ccccc2)cc(OC)c1OC. The van der Waals surface area contributed by atoms with Crippen molar-refractivity contribution in [2.45, 2.75) is 0 Å². The van der Waals surface area contributed by atoms with Gasteiger partial charge in [-0.1, -0.05) is 30.3 Å². The van der Waals surface area contributed by atoms with Gasteiger partial charge >= 0.3 is 5.97 Å². The molecule has 1 aliphatic rings. The highest BCUT2D eigenvalue weighted by atomic mass is 16.5. The van der Waals surface area contributed by atoms with Crippen LogP contribution in [0.5, 0.6) is 17.2 Å². The monoisotopic (exact) mass is 352 g/mol. The van der Waals surface area contributed by atoms with Gasteiger partial charge in [-0.05, 0) is 35.4 Å². The van der Waals surface area contributed by atoms with E-state index >= 15 is 0 Å². The molecular weight excluding hydrogens is 332 g/mol. The van der Waals surface area contributed by atoms with Gasteiger partial charge < -0.3 is 18.9 Å². The molecule has 0 atom stereocenters. The zero-order valence-electron chi connectivity index (χ0n) is 14.9. The lowest BCUT2D eigenvalue weighted by Gasteiger charge is -2.13. The van der Waals surface area contributed by atoms with E-state index in [1.54, 1.807) is 39.5 Å². The van der Waals surface area contributed by atoms with Crippen LogP contribution in [0.1, 0.15) is 11.1 Å². The molecule has 0 unspecified atom stereocenters. The van der Waals surface area contributed by atoms with E-state index in [-0.39, 0.29) is 12.6 Å². The molecule has 0 aliphatic carbocycles. The minimum Gasteiger partial charge on any atom is -0.493 e. The first kappa shape index (κ1) is 17.6. The van der Waals surface area contributed by atoms with E-state index in [2.05, 4.69) is 0 Å². The van der Waals surface area contributed by atoms with E-state index in [1.165, 1.54) is 0 Å². The maximum Gasteiger partial charge on any atom is 0.338 e. The minimum atomic E-state index is -0.346. The summed E-state index contributed by atoms with van der Waals surface area (Å²) in [5.41, 5.74) is 3.11. The van der Waals surface area contributed by atoms with Crippen LogP contribution in [-0.2, 0) is 9.53 Å².